The van der Waals surface area contributed by atoms with Crippen LogP contribution in [0.25, 0.3) is 0 Å². The summed E-state index contributed by atoms with van der Waals surface area (Å²) < 4.78 is 27.5. The molecule has 106 valence electrons. The highest BCUT2D eigenvalue weighted by atomic mass is 32.2. The van der Waals surface area contributed by atoms with E-state index in [1.807, 2.05) is 30.3 Å². The second-order valence-corrected chi connectivity index (χ2v) is 6.59. The van der Waals surface area contributed by atoms with Crippen LogP contribution in [0.15, 0.2) is 36.9 Å². The summed E-state index contributed by atoms with van der Waals surface area (Å²) in [5.74, 6) is 1.01. The monoisotopic (exact) mass is 283 g/mol. The van der Waals surface area contributed by atoms with E-state index >= 15 is 0 Å². The van der Waals surface area contributed by atoms with Crippen molar-refractivity contribution in [3.05, 3.63) is 42.5 Å². The second-order valence-electron chi connectivity index (χ2n) is 4.33. The normalized spacial score (nSPS) is 11.2. The lowest BCUT2D eigenvalue weighted by atomic mass is 10.1. The van der Waals surface area contributed by atoms with Crippen molar-refractivity contribution >= 4 is 9.84 Å². The van der Waals surface area contributed by atoms with Crippen molar-refractivity contribution in [2.24, 2.45) is 0 Å². The lowest BCUT2D eigenvalue weighted by Crippen LogP contribution is -2.26. The maximum atomic E-state index is 10.9. The summed E-state index contributed by atoms with van der Waals surface area (Å²) in [6.07, 6.45) is 3.85. The van der Waals surface area contributed by atoms with Crippen LogP contribution in [0, 0.1) is 0 Å². The maximum Gasteiger partial charge on any atom is 0.148 e. The Kier molecular flexibility index (Phi) is 6.59. The van der Waals surface area contributed by atoms with E-state index in [4.69, 9.17) is 4.74 Å². The zero-order valence-electron chi connectivity index (χ0n) is 11.3. The number of allylic oxidation sites excluding steroid dienone is 1. The molecule has 0 radical (unpaired) electrons. The first kappa shape index (κ1) is 15.7. The van der Waals surface area contributed by atoms with Gasteiger partial charge in [0.2, 0.25) is 0 Å². The third kappa shape index (κ3) is 6.98. The van der Waals surface area contributed by atoms with Gasteiger partial charge in [-0.15, -0.1) is 6.58 Å². The SMILES string of the molecule is C=CCc1ccccc1OCCNCCS(C)(=O)=O. The van der Waals surface area contributed by atoms with Gasteiger partial charge in [0.05, 0.1) is 5.75 Å². The Balaban J connectivity index is 2.28. The van der Waals surface area contributed by atoms with E-state index in [1.54, 1.807) is 0 Å². The van der Waals surface area contributed by atoms with Crippen LogP contribution in [0.3, 0.4) is 0 Å². The van der Waals surface area contributed by atoms with E-state index in [9.17, 15) is 8.42 Å². The quantitative estimate of drug-likeness (QED) is 0.550. The highest BCUT2D eigenvalue weighted by molar-refractivity contribution is 7.90. The van der Waals surface area contributed by atoms with E-state index in [2.05, 4.69) is 11.9 Å². The van der Waals surface area contributed by atoms with Gasteiger partial charge in [0.25, 0.3) is 0 Å². The van der Waals surface area contributed by atoms with Crippen molar-refractivity contribution in [2.45, 2.75) is 6.42 Å². The summed E-state index contributed by atoms with van der Waals surface area (Å²) in [5.41, 5.74) is 1.11. The maximum absolute atomic E-state index is 10.9. The van der Waals surface area contributed by atoms with Crippen molar-refractivity contribution in [1.82, 2.24) is 5.32 Å². The Hall–Kier alpha value is -1.33. The zero-order valence-corrected chi connectivity index (χ0v) is 12.1. The molecule has 0 saturated heterocycles. The third-order valence-electron chi connectivity index (χ3n) is 2.52. The van der Waals surface area contributed by atoms with Crippen LogP contribution in [-0.4, -0.2) is 40.1 Å². The first-order valence-electron chi connectivity index (χ1n) is 6.23. The molecule has 1 aromatic carbocycles. The number of para-hydroxylation sites is 1. The van der Waals surface area contributed by atoms with Crippen molar-refractivity contribution in [2.75, 3.05) is 31.7 Å². The number of nitrogens with one attached hydrogen (secondary N) is 1. The molecule has 0 aliphatic rings. The molecule has 4 nitrogen and oxygen atoms in total. The fourth-order valence-electron chi connectivity index (χ4n) is 1.58. The predicted octanol–water partition coefficient (Wildman–Crippen LogP) is 1.43. The molecule has 5 heteroatoms. The van der Waals surface area contributed by atoms with Gasteiger partial charge >= 0.3 is 0 Å². The molecule has 0 unspecified atom stereocenters. The molecule has 0 atom stereocenters. The molecule has 0 aromatic heterocycles. The summed E-state index contributed by atoms with van der Waals surface area (Å²) in [6, 6.07) is 7.83. The molecule has 1 rings (SSSR count). The van der Waals surface area contributed by atoms with Crippen LogP contribution in [0.1, 0.15) is 5.56 Å². The van der Waals surface area contributed by atoms with E-state index in [0.717, 1.165) is 17.7 Å². The van der Waals surface area contributed by atoms with Crippen molar-refractivity contribution < 1.29 is 13.2 Å². The third-order valence-corrected chi connectivity index (χ3v) is 3.47. The van der Waals surface area contributed by atoms with Crippen LogP contribution in [0.5, 0.6) is 5.75 Å². The largest absolute Gasteiger partial charge is 0.492 e. The Bertz CT molecular complexity index is 497. The van der Waals surface area contributed by atoms with Crippen LogP contribution in [0.4, 0.5) is 0 Å². The van der Waals surface area contributed by atoms with Crippen molar-refractivity contribution in [3.8, 4) is 5.75 Å². The second kappa shape index (κ2) is 7.96. The van der Waals surface area contributed by atoms with Gasteiger partial charge in [0, 0.05) is 19.3 Å². The molecule has 0 saturated carbocycles. The highest BCUT2D eigenvalue weighted by Crippen LogP contribution is 2.18. The van der Waals surface area contributed by atoms with E-state index < -0.39 is 9.84 Å². The first-order chi connectivity index (χ1) is 9.03. The van der Waals surface area contributed by atoms with Gasteiger partial charge in [-0.25, -0.2) is 8.42 Å². The van der Waals surface area contributed by atoms with Gasteiger partial charge in [-0.2, -0.15) is 0 Å². The predicted molar refractivity (Wildman–Crippen MR) is 78.4 cm³/mol. The zero-order chi connectivity index (χ0) is 14.1. The number of ether oxygens (including phenoxy) is 1. The molecule has 19 heavy (non-hydrogen) atoms. The summed E-state index contributed by atoms with van der Waals surface area (Å²) in [7, 11) is -2.89. The molecular formula is C14H21NO3S. The van der Waals surface area contributed by atoms with Crippen LogP contribution in [0.2, 0.25) is 0 Å². The number of hydrogen-bond acceptors (Lipinski definition) is 4. The summed E-state index contributed by atoms with van der Waals surface area (Å²) in [6.45, 7) is 5.31. The smallest absolute Gasteiger partial charge is 0.148 e. The average molecular weight is 283 g/mol. The standard InChI is InChI=1S/C14H21NO3S/c1-3-6-13-7-4-5-8-14(13)18-11-9-15-10-12-19(2,16)17/h3-5,7-8,15H,1,6,9-12H2,2H3. The molecular weight excluding hydrogens is 262 g/mol. The Labute approximate surface area is 115 Å². The van der Waals surface area contributed by atoms with Crippen LogP contribution in [-0.2, 0) is 16.3 Å². The van der Waals surface area contributed by atoms with E-state index in [1.165, 1.54) is 6.26 Å². The van der Waals surface area contributed by atoms with Gasteiger partial charge < -0.3 is 10.1 Å². The minimum Gasteiger partial charge on any atom is -0.492 e. The number of rotatable bonds is 9. The van der Waals surface area contributed by atoms with Gasteiger partial charge in [0.1, 0.15) is 22.2 Å². The molecule has 0 amide bonds. The number of hydrogen-bond donors (Lipinski definition) is 1. The molecule has 1 N–H and O–H groups in total. The van der Waals surface area contributed by atoms with E-state index in [-0.39, 0.29) is 5.75 Å². The van der Waals surface area contributed by atoms with E-state index in [0.29, 0.717) is 19.7 Å². The average Bonchev–Trinajstić information content (AvgIpc) is 2.34. The fourth-order valence-corrected chi connectivity index (χ4v) is 2.10. The van der Waals surface area contributed by atoms with Crippen molar-refractivity contribution in [1.29, 1.82) is 0 Å². The molecule has 0 fully saturated rings. The molecule has 0 heterocycles. The minimum absolute atomic E-state index is 0.153. The van der Waals surface area contributed by atoms with Crippen molar-refractivity contribution in [3.63, 3.8) is 0 Å². The van der Waals surface area contributed by atoms with Crippen LogP contribution < -0.4 is 10.1 Å². The van der Waals surface area contributed by atoms with Gasteiger partial charge in [-0.3, -0.25) is 0 Å². The fraction of sp³-hybridized carbons (Fsp3) is 0.429. The van der Waals surface area contributed by atoms with Gasteiger partial charge in [-0.05, 0) is 18.1 Å². The topological polar surface area (TPSA) is 55.4 Å². The molecule has 0 spiro atoms. The molecule has 0 bridgehead atoms. The summed E-state index contributed by atoms with van der Waals surface area (Å²) in [5, 5.41) is 3.04. The summed E-state index contributed by atoms with van der Waals surface area (Å²) >= 11 is 0. The minimum atomic E-state index is -2.89. The molecule has 0 aliphatic heterocycles. The Morgan fingerprint density at radius 2 is 2.05 bits per heavy atom. The molecule has 0 aliphatic carbocycles. The molecule has 1 aromatic rings. The lowest BCUT2D eigenvalue weighted by Gasteiger charge is -2.10. The Morgan fingerprint density at radius 3 is 2.74 bits per heavy atom. The lowest BCUT2D eigenvalue weighted by molar-refractivity contribution is 0.313. The highest BCUT2D eigenvalue weighted by Gasteiger charge is 2.02. The first-order valence-corrected chi connectivity index (χ1v) is 8.29. The number of benzene rings is 1. The Morgan fingerprint density at radius 1 is 1.32 bits per heavy atom. The van der Waals surface area contributed by atoms with Gasteiger partial charge in [0.15, 0.2) is 0 Å². The van der Waals surface area contributed by atoms with Gasteiger partial charge in [-0.1, -0.05) is 24.3 Å². The van der Waals surface area contributed by atoms with Crippen LogP contribution >= 0.6 is 0 Å². The number of sulfone groups is 1. The summed E-state index contributed by atoms with van der Waals surface area (Å²) in [4.78, 5) is 0.